The molecule has 0 amide bonds. The van der Waals surface area contributed by atoms with Crippen LogP contribution in [0.2, 0.25) is 0 Å². The van der Waals surface area contributed by atoms with Gasteiger partial charge in [-0.3, -0.25) is 10.1 Å². The molecule has 0 aromatic rings. The van der Waals surface area contributed by atoms with Crippen molar-refractivity contribution < 1.29 is 18.3 Å². The van der Waals surface area contributed by atoms with E-state index in [1.54, 1.807) is 25.8 Å². The first-order valence-corrected chi connectivity index (χ1v) is 7.13. The van der Waals surface area contributed by atoms with Crippen LogP contribution in [0, 0.1) is 0 Å². The minimum atomic E-state index is -2.33. The van der Waals surface area contributed by atoms with Crippen LogP contribution in [0.25, 0.3) is 0 Å². The SMILES string of the molecule is CCOC(=O)C(C)(CCCN(C)CC(F)F)NC(C)C. The molecule has 0 saturated heterocycles. The summed E-state index contributed by atoms with van der Waals surface area (Å²) in [5.41, 5.74) is -0.768. The van der Waals surface area contributed by atoms with E-state index in [1.807, 2.05) is 13.8 Å². The lowest BCUT2D eigenvalue weighted by atomic mass is 9.94. The Bertz CT molecular complexity index is 288. The van der Waals surface area contributed by atoms with Crippen LogP contribution in [0.3, 0.4) is 0 Å². The molecule has 0 bridgehead atoms. The van der Waals surface area contributed by atoms with Gasteiger partial charge in [0.1, 0.15) is 5.54 Å². The van der Waals surface area contributed by atoms with Crippen LogP contribution in [0.4, 0.5) is 8.78 Å². The normalized spacial score (nSPS) is 14.9. The van der Waals surface area contributed by atoms with Gasteiger partial charge in [-0.25, -0.2) is 8.78 Å². The molecular formula is C14H28F2N2O2. The van der Waals surface area contributed by atoms with Gasteiger partial charge in [0.25, 0.3) is 6.43 Å². The largest absolute Gasteiger partial charge is 0.465 e. The topological polar surface area (TPSA) is 41.6 Å². The van der Waals surface area contributed by atoms with Gasteiger partial charge in [-0.2, -0.15) is 0 Å². The van der Waals surface area contributed by atoms with Crippen molar-refractivity contribution in [3.63, 3.8) is 0 Å². The van der Waals surface area contributed by atoms with Crippen LogP contribution in [0.5, 0.6) is 0 Å². The van der Waals surface area contributed by atoms with E-state index in [4.69, 9.17) is 4.74 Å². The Hall–Kier alpha value is -0.750. The maximum atomic E-state index is 12.2. The Morgan fingerprint density at radius 2 is 2.00 bits per heavy atom. The molecule has 20 heavy (non-hydrogen) atoms. The monoisotopic (exact) mass is 294 g/mol. The molecular weight excluding hydrogens is 266 g/mol. The zero-order chi connectivity index (χ0) is 15.8. The quantitative estimate of drug-likeness (QED) is 0.628. The lowest BCUT2D eigenvalue weighted by Crippen LogP contribution is -2.53. The Labute approximate surface area is 120 Å². The third-order valence-corrected chi connectivity index (χ3v) is 3.00. The van der Waals surface area contributed by atoms with Gasteiger partial charge < -0.3 is 9.64 Å². The molecule has 0 fully saturated rings. The van der Waals surface area contributed by atoms with Gasteiger partial charge in [-0.1, -0.05) is 0 Å². The summed E-state index contributed by atoms with van der Waals surface area (Å²) in [6.07, 6.45) is -1.12. The molecule has 0 radical (unpaired) electrons. The van der Waals surface area contributed by atoms with Gasteiger partial charge in [0.15, 0.2) is 0 Å². The first kappa shape index (κ1) is 19.2. The second-order valence-corrected chi connectivity index (χ2v) is 5.61. The molecule has 1 atom stereocenters. The van der Waals surface area contributed by atoms with E-state index in [1.165, 1.54) is 0 Å². The van der Waals surface area contributed by atoms with Crippen molar-refractivity contribution in [3.8, 4) is 0 Å². The summed E-state index contributed by atoms with van der Waals surface area (Å²) in [4.78, 5) is 13.6. The molecule has 6 heteroatoms. The van der Waals surface area contributed by atoms with Crippen molar-refractivity contribution in [3.05, 3.63) is 0 Å². The minimum absolute atomic E-state index is 0.142. The molecule has 0 aliphatic rings. The first-order chi connectivity index (χ1) is 9.21. The van der Waals surface area contributed by atoms with E-state index in [0.717, 1.165) is 0 Å². The van der Waals surface area contributed by atoms with E-state index in [-0.39, 0.29) is 18.6 Å². The zero-order valence-electron chi connectivity index (χ0n) is 13.2. The van der Waals surface area contributed by atoms with E-state index in [2.05, 4.69) is 5.32 Å². The van der Waals surface area contributed by atoms with Crippen LogP contribution < -0.4 is 5.32 Å². The maximum Gasteiger partial charge on any atom is 0.326 e. The van der Waals surface area contributed by atoms with Crippen LogP contribution in [-0.2, 0) is 9.53 Å². The predicted molar refractivity (Wildman–Crippen MR) is 76.0 cm³/mol. The smallest absolute Gasteiger partial charge is 0.326 e. The van der Waals surface area contributed by atoms with E-state index >= 15 is 0 Å². The summed E-state index contributed by atoms with van der Waals surface area (Å²) >= 11 is 0. The number of hydrogen-bond donors (Lipinski definition) is 1. The fourth-order valence-corrected chi connectivity index (χ4v) is 2.19. The van der Waals surface area contributed by atoms with Crippen LogP contribution in [-0.4, -0.2) is 55.6 Å². The lowest BCUT2D eigenvalue weighted by molar-refractivity contribution is -0.151. The second kappa shape index (κ2) is 9.23. The number of carbonyl (C=O) groups excluding carboxylic acids is 1. The van der Waals surface area contributed by atoms with Gasteiger partial charge in [0, 0.05) is 6.04 Å². The molecule has 0 aromatic heterocycles. The molecule has 1 unspecified atom stereocenters. The summed E-state index contributed by atoms with van der Waals surface area (Å²) < 4.78 is 29.5. The third kappa shape index (κ3) is 7.75. The van der Waals surface area contributed by atoms with Crippen molar-refractivity contribution in [1.29, 1.82) is 0 Å². The first-order valence-electron chi connectivity index (χ1n) is 7.13. The fourth-order valence-electron chi connectivity index (χ4n) is 2.19. The molecule has 0 spiro atoms. The van der Waals surface area contributed by atoms with Crippen molar-refractivity contribution in [2.75, 3.05) is 26.7 Å². The summed E-state index contributed by atoms with van der Waals surface area (Å²) in [5.74, 6) is -0.287. The van der Waals surface area contributed by atoms with Gasteiger partial charge in [-0.15, -0.1) is 0 Å². The highest BCUT2D eigenvalue weighted by Crippen LogP contribution is 2.16. The number of halogens is 2. The van der Waals surface area contributed by atoms with Gasteiger partial charge in [0.2, 0.25) is 0 Å². The summed E-state index contributed by atoms with van der Waals surface area (Å²) in [6, 6.07) is 0.142. The number of ether oxygens (including phenoxy) is 1. The highest BCUT2D eigenvalue weighted by molar-refractivity contribution is 5.80. The van der Waals surface area contributed by atoms with Crippen LogP contribution >= 0.6 is 0 Å². The molecule has 1 N–H and O–H groups in total. The standard InChI is InChI=1S/C14H28F2N2O2/c1-6-20-13(19)14(4,17-11(2)3)8-7-9-18(5)10-12(15)16/h11-12,17H,6-10H2,1-5H3. The Morgan fingerprint density at radius 3 is 2.45 bits per heavy atom. The van der Waals surface area contributed by atoms with Crippen molar-refractivity contribution in [2.45, 2.75) is 58.5 Å². The molecule has 0 aliphatic heterocycles. The zero-order valence-corrected chi connectivity index (χ0v) is 13.2. The highest BCUT2D eigenvalue weighted by atomic mass is 19.3. The number of nitrogens with one attached hydrogen (secondary N) is 1. The number of alkyl halides is 2. The van der Waals surface area contributed by atoms with Gasteiger partial charge in [-0.05, 0) is 54.1 Å². The average molecular weight is 294 g/mol. The maximum absolute atomic E-state index is 12.2. The average Bonchev–Trinajstić information content (AvgIpc) is 2.26. The highest BCUT2D eigenvalue weighted by Gasteiger charge is 2.34. The summed E-state index contributed by atoms with van der Waals surface area (Å²) in [5, 5.41) is 3.21. The molecule has 0 heterocycles. The predicted octanol–water partition coefficient (Wildman–Crippen LogP) is 2.28. The van der Waals surface area contributed by atoms with Crippen LogP contribution in [0.15, 0.2) is 0 Å². The van der Waals surface area contributed by atoms with Gasteiger partial charge >= 0.3 is 5.97 Å². The molecule has 0 saturated carbocycles. The number of rotatable bonds is 10. The van der Waals surface area contributed by atoms with Crippen molar-refractivity contribution in [1.82, 2.24) is 10.2 Å². The van der Waals surface area contributed by atoms with E-state index in [0.29, 0.717) is 26.0 Å². The van der Waals surface area contributed by atoms with Crippen LogP contribution in [0.1, 0.15) is 40.5 Å². The second-order valence-electron chi connectivity index (χ2n) is 5.61. The summed E-state index contributed by atoms with van der Waals surface area (Å²) in [6.45, 7) is 8.11. The number of nitrogens with zero attached hydrogens (tertiary/aromatic N) is 1. The van der Waals surface area contributed by atoms with E-state index < -0.39 is 12.0 Å². The summed E-state index contributed by atoms with van der Waals surface area (Å²) in [7, 11) is 1.66. The Balaban J connectivity index is 4.40. The minimum Gasteiger partial charge on any atom is -0.465 e. The van der Waals surface area contributed by atoms with Gasteiger partial charge in [0.05, 0.1) is 13.2 Å². The number of carbonyl (C=O) groups is 1. The molecule has 4 nitrogen and oxygen atoms in total. The third-order valence-electron chi connectivity index (χ3n) is 3.00. The molecule has 0 rings (SSSR count). The number of esters is 1. The molecule has 0 aromatic carbocycles. The van der Waals surface area contributed by atoms with Crippen molar-refractivity contribution in [2.24, 2.45) is 0 Å². The Kier molecular flexibility index (Phi) is 8.89. The molecule has 120 valence electrons. The van der Waals surface area contributed by atoms with E-state index in [9.17, 15) is 13.6 Å². The lowest BCUT2D eigenvalue weighted by Gasteiger charge is -2.31. The Morgan fingerprint density at radius 1 is 1.40 bits per heavy atom. The van der Waals surface area contributed by atoms with Crippen molar-refractivity contribution >= 4 is 5.97 Å². The fraction of sp³-hybridized carbons (Fsp3) is 0.929. The number of hydrogen-bond acceptors (Lipinski definition) is 4. The molecule has 0 aliphatic carbocycles.